The molecule has 0 amide bonds. The molecular formula is C21H29NO9. The van der Waals surface area contributed by atoms with E-state index in [-0.39, 0.29) is 19.4 Å². The molecule has 1 aliphatic carbocycles. The highest BCUT2D eigenvalue weighted by Gasteiger charge is 2.72. The van der Waals surface area contributed by atoms with Crippen molar-refractivity contribution >= 4 is 17.9 Å². The van der Waals surface area contributed by atoms with Crippen LogP contribution in [0.4, 0.5) is 0 Å². The van der Waals surface area contributed by atoms with Crippen molar-refractivity contribution < 1.29 is 42.8 Å². The van der Waals surface area contributed by atoms with Gasteiger partial charge in [-0.25, -0.2) is 0 Å². The highest BCUT2D eigenvalue weighted by molar-refractivity contribution is 5.87. The Hall–Kier alpha value is -1.75. The zero-order valence-electron chi connectivity index (χ0n) is 17.4. The van der Waals surface area contributed by atoms with E-state index in [0.717, 1.165) is 25.7 Å². The van der Waals surface area contributed by atoms with Crippen LogP contribution in [-0.4, -0.2) is 93.0 Å². The molecule has 0 aromatic rings. The zero-order chi connectivity index (χ0) is 21.4. The topological polar surface area (TPSA) is 110 Å². The Morgan fingerprint density at radius 3 is 2.58 bits per heavy atom. The molecule has 4 saturated heterocycles. The number of nitrogens with zero attached hydrogens (tertiary/aromatic N) is 1. The Balaban J connectivity index is 1.18. The van der Waals surface area contributed by atoms with Gasteiger partial charge in [0.2, 0.25) is 0 Å². The molecule has 1 saturated carbocycles. The van der Waals surface area contributed by atoms with Crippen LogP contribution in [0.2, 0.25) is 0 Å². The van der Waals surface area contributed by atoms with Crippen LogP contribution in [0.3, 0.4) is 0 Å². The van der Waals surface area contributed by atoms with Gasteiger partial charge in [-0.05, 0) is 12.8 Å². The van der Waals surface area contributed by atoms with E-state index in [9.17, 15) is 14.4 Å². The number of hydrogen-bond donors (Lipinski definition) is 0. The zero-order valence-corrected chi connectivity index (χ0v) is 17.4. The summed E-state index contributed by atoms with van der Waals surface area (Å²) in [7, 11) is 0. The molecule has 0 aromatic carbocycles. The third-order valence-corrected chi connectivity index (χ3v) is 6.96. The number of carbonyl (C=O) groups is 3. The summed E-state index contributed by atoms with van der Waals surface area (Å²) >= 11 is 0. The van der Waals surface area contributed by atoms with Gasteiger partial charge in [0, 0.05) is 13.1 Å². The molecule has 0 radical (unpaired) electrons. The van der Waals surface area contributed by atoms with Crippen molar-refractivity contribution in [2.75, 3.05) is 39.6 Å². The molecule has 0 N–H and O–H groups in total. The van der Waals surface area contributed by atoms with E-state index < -0.39 is 54.2 Å². The summed E-state index contributed by atoms with van der Waals surface area (Å²) in [6.45, 7) is 2.42. The highest BCUT2D eigenvalue weighted by atomic mass is 16.7. The van der Waals surface area contributed by atoms with Crippen molar-refractivity contribution in [1.29, 1.82) is 0 Å². The van der Waals surface area contributed by atoms with Gasteiger partial charge in [-0.15, -0.1) is 0 Å². The third-order valence-electron chi connectivity index (χ3n) is 6.96. The number of rotatable bonds is 7. The molecule has 2 bridgehead atoms. The van der Waals surface area contributed by atoms with Crippen molar-refractivity contribution in [3.8, 4) is 0 Å². The number of morpholine rings is 1. The molecule has 5 fully saturated rings. The lowest BCUT2D eigenvalue weighted by Gasteiger charge is -2.29. The largest absolute Gasteiger partial charge is 0.455 e. The number of hydrogen-bond acceptors (Lipinski definition) is 10. The highest BCUT2D eigenvalue weighted by Crippen LogP contribution is 2.51. The molecule has 0 aromatic heterocycles. The standard InChI is InChI=1S/C21H29NO9/c23-13(10-22-6-8-26-9-7-22)29-18-16-14(15-17(30-16)19(18)31-21(15)25)20(24)28-11-27-12-4-2-1-3-5-12/h12,14-19H,1-11H2. The van der Waals surface area contributed by atoms with Crippen LogP contribution < -0.4 is 0 Å². The smallest absolute Gasteiger partial charge is 0.320 e. The Morgan fingerprint density at radius 1 is 1.03 bits per heavy atom. The lowest BCUT2D eigenvalue weighted by Crippen LogP contribution is -2.49. The normalized spacial score (nSPS) is 37.6. The van der Waals surface area contributed by atoms with Gasteiger partial charge in [0.1, 0.15) is 24.0 Å². The van der Waals surface area contributed by atoms with Crippen molar-refractivity contribution in [3.63, 3.8) is 0 Å². The summed E-state index contributed by atoms with van der Waals surface area (Å²) in [6, 6.07) is 0. The second-order valence-electron chi connectivity index (χ2n) is 8.87. The van der Waals surface area contributed by atoms with E-state index in [0.29, 0.717) is 26.3 Å². The quantitative estimate of drug-likeness (QED) is 0.306. The van der Waals surface area contributed by atoms with E-state index >= 15 is 0 Å². The summed E-state index contributed by atoms with van der Waals surface area (Å²) in [6.07, 6.45) is 2.66. The average molecular weight is 439 g/mol. The first kappa shape index (κ1) is 21.1. The molecule has 6 unspecified atom stereocenters. The van der Waals surface area contributed by atoms with Gasteiger partial charge < -0.3 is 28.4 Å². The Bertz CT molecular complexity index is 703. The van der Waals surface area contributed by atoms with E-state index in [1.165, 1.54) is 6.42 Å². The van der Waals surface area contributed by atoms with E-state index in [4.69, 9.17) is 28.4 Å². The van der Waals surface area contributed by atoms with E-state index in [2.05, 4.69) is 0 Å². The fourth-order valence-electron chi connectivity index (χ4n) is 5.39. The Kier molecular flexibility index (Phi) is 6.14. The van der Waals surface area contributed by atoms with Gasteiger partial charge in [0.05, 0.1) is 25.9 Å². The average Bonchev–Trinajstić information content (AvgIpc) is 3.39. The molecule has 5 aliphatic rings. The maximum absolute atomic E-state index is 12.8. The fourth-order valence-corrected chi connectivity index (χ4v) is 5.39. The van der Waals surface area contributed by atoms with Crippen molar-refractivity contribution in [2.45, 2.75) is 62.6 Å². The van der Waals surface area contributed by atoms with Crippen molar-refractivity contribution in [3.05, 3.63) is 0 Å². The summed E-state index contributed by atoms with van der Waals surface area (Å²) in [5.74, 6) is -3.08. The first-order valence-electron chi connectivity index (χ1n) is 11.3. The summed E-state index contributed by atoms with van der Waals surface area (Å²) in [5.41, 5.74) is 0. The van der Waals surface area contributed by atoms with Crippen LogP contribution in [0.25, 0.3) is 0 Å². The molecule has 10 nitrogen and oxygen atoms in total. The predicted octanol–water partition coefficient (Wildman–Crippen LogP) is 0.0192. The van der Waals surface area contributed by atoms with Crippen molar-refractivity contribution in [1.82, 2.24) is 4.90 Å². The molecule has 5 rings (SSSR count). The van der Waals surface area contributed by atoms with Gasteiger partial charge in [0.15, 0.2) is 19.0 Å². The SMILES string of the molecule is O=C(CN1CCOCC1)OC1C2OC(=O)C3C2OC1C3C(=O)OCOC1CCCCC1. The Morgan fingerprint density at radius 2 is 1.81 bits per heavy atom. The summed E-state index contributed by atoms with van der Waals surface area (Å²) in [4.78, 5) is 39.6. The maximum Gasteiger partial charge on any atom is 0.320 e. The predicted molar refractivity (Wildman–Crippen MR) is 102 cm³/mol. The minimum absolute atomic E-state index is 0.104. The summed E-state index contributed by atoms with van der Waals surface area (Å²) < 4.78 is 33.2. The van der Waals surface area contributed by atoms with Crippen LogP contribution in [-0.2, 0) is 42.8 Å². The molecule has 172 valence electrons. The van der Waals surface area contributed by atoms with Crippen LogP contribution in [0.5, 0.6) is 0 Å². The van der Waals surface area contributed by atoms with Gasteiger partial charge in [-0.2, -0.15) is 0 Å². The molecule has 0 spiro atoms. The molecular weight excluding hydrogens is 410 g/mol. The molecule has 10 heteroatoms. The minimum atomic E-state index is -0.854. The maximum atomic E-state index is 12.8. The van der Waals surface area contributed by atoms with Gasteiger partial charge in [0.25, 0.3) is 0 Å². The number of carbonyl (C=O) groups excluding carboxylic acids is 3. The minimum Gasteiger partial charge on any atom is -0.455 e. The third kappa shape index (κ3) is 4.18. The monoisotopic (exact) mass is 439 g/mol. The Labute approximate surface area is 180 Å². The van der Waals surface area contributed by atoms with E-state index in [1.54, 1.807) is 0 Å². The van der Waals surface area contributed by atoms with Crippen LogP contribution >= 0.6 is 0 Å². The van der Waals surface area contributed by atoms with Crippen LogP contribution in [0.15, 0.2) is 0 Å². The van der Waals surface area contributed by atoms with Gasteiger partial charge in [-0.1, -0.05) is 19.3 Å². The fraction of sp³-hybridized carbons (Fsp3) is 0.857. The molecule has 4 heterocycles. The number of esters is 3. The van der Waals surface area contributed by atoms with Crippen molar-refractivity contribution in [2.24, 2.45) is 11.8 Å². The van der Waals surface area contributed by atoms with E-state index in [1.807, 2.05) is 4.90 Å². The first-order valence-corrected chi connectivity index (χ1v) is 11.3. The summed E-state index contributed by atoms with van der Waals surface area (Å²) in [5, 5.41) is 0. The first-order chi connectivity index (χ1) is 15.1. The second-order valence-corrected chi connectivity index (χ2v) is 8.87. The van der Waals surface area contributed by atoms with Gasteiger partial charge in [-0.3, -0.25) is 19.3 Å². The number of ether oxygens (including phenoxy) is 6. The van der Waals surface area contributed by atoms with Gasteiger partial charge >= 0.3 is 17.9 Å². The number of fused-ring (bicyclic) bond motifs is 1. The molecule has 6 atom stereocenters. The second kappa shape index (κ2) is 9.01. The van der Waals surface area contributed by atoms with Crippen LogP contribution in [0.1, 0.15) is 32.1 Å². The lowest BCUT2D eigenvalue weighted by molar-refractivity contribution is -0.175. The lowest BCUT2D eigenvalue weighted by atomic mass is 9.78. The molecule has 31 heavy (non-hydrogen) atoms. The molecule has 4 aliphatic heterocycles. The van der Waals surface area contributed by atoms with Crippen LogP contribution in [0, 0.1) is 11.8 Å².